The molecular weight excluding hydrogens is 340 g/mol. The topological polar surface area (TPSA) is 157 Å². The van der Waals surface area contributed by atoms with E-state index in [1.54, 1.807) is 24.3 Å². The fourth-order valence-electron chi connectivity index (χ4n) is 2.24. The number of aliphatic imine (C=N–C) groups is 1. The second kappa shape index (κ2) is 10.7. The number of carbonyl (C=O) groups excluding carboxylic acids is 2. The Kier molecular flexibility index (Phi) is 8.62. The molecule has 0 aliphatic carbocycles. The zero-order valence-corrected chi connectivity index (χ0v) is 14.6. The highest BCUT2D eigenvalue weighted by Gasteiger charge is 2.27. The zero-order chi connectivity index (χ0) is 19.5. The number of amides is 1. The van der Waals surface area contributed by atoms with Gasteiger partial charge in [0.25, 0.3) is 5.91 Å². The highest BCUT2D eigenvalue weighted by molar-refractivity contribution is 5.87. The van der Waals surface area contributed by atoms with Crippen LogP contribution in [0.15, 0.2) is 35.3 Å². The highest BCUT2D eigenvalue weighted by Crippen LogP contribution is 2.08. The third-order valence-corrected chi connectivity index (χ3v) is 3.42. The van der Waals surface area contributed by atoms with Crippen LogP contribution in [0.1, 0.15) is 25.3 Å². The first-order chi connectivity index (χ1) is 12.3. The van der Waals surface area contributed by atoms with Crippen molar-refractivity contribution in [2.24, 2.45) is 16.5 Å². The summed E-state index contributed by atoms with van der Waals surface area (Å²) in [5.74, 6) is -2.56. The van der Waals surface area contributed by atoms with Gasteiger partial charge in [-0.15, -0.1) is 0 Å². The van der Waals surface area contributed by atoms with Crippen molar-refractivity contribution in [2.75, 3.05) is 6.54 Å². The molecule has 1 aromatic rings. The molecule has 9 nitrogen and oxygen atoms in total. The zero-order valence-electron chi connectivity index (χ0n) is 14.6. The van der Waals surface area contributed by atoms with Crippen molar-refractivity contribution in [3.05, 3.63) is 35.9 Å². The Balaban J connectivity index is 2.72. The molecule has 2 atom stereocenters. The number of aliphatic carboxylic acids is 1. The largest absolute Gasteiger partial charge is 0.480 e. The Bertz CT molecular complexity index is 644. The molecular formula is C17H24N4O5. The van der Waals surface area contributed by atoms with E-state index in [2.05, 4.69) is 10.3 Å². The first-order valence-corrected chi connectivity index (χ1v) is 8.09. The number of nitrogens with one attached hydrogen (secondary N) is 1. The van der Waals surface area contributed by atoms with Gasteiger partial charge in [0, 0.05) is 19.9 Å². The Labute approximate surface area is 151 Å². The number of hydrogen-bond acceptors (Lipinski definition) is 5. The smallest absolute Gasteiger partial charge is 0.326 e. The highest BCUT2D eigenvalue weighted by atomic mass is 16.5. The van der Waals surface area contributed by atoms with Crippen molar-refractivity contribution in [2.45, 2.75) is 38.3 Å². The van der Waals surface area contributed by atoms with Crippen molar-refractivity contribution < 1.29 is 24.2 Å². The maximum atomic E-state index is 12.4. The Hall–Kier alpha value is -3.10. The lowest BCUT2D eigenvalue weighted by atomic mass is 10.1. The molecule has 0 saturated carbocycles. The SMILES string of the molecule is CC(=O)O[C@@H](CCCN=C(N)N)C(=O)N[C@@H](Cc1ccccc1)C(=O)O. The van der Waals surface area contributed by atoms with Gasteiger partial charge in [-0.25, -0.2) is 4.79 Å². The van der Waals surface area contributed by atoms with E-state index in [1.165, 1.54) is 6.92 Å². The number of ether oxygens (including phenoxy) is 1. The summed E-state index contributed by atoms with van der Waals surface area (Å²) in [5, 5.41) is 11.8. The third kappa shape index (κ3) is 8.13. The lowest BCUT2D eigenvalue weighted by molar-refractivity contribution is -0.155. The van der Waals surface area contributed by atoms with E-state index >= 15 is 0 Å². The molecule has 26 heavy (non-hydrogen) atoms. The second-order valence-corrected chi connectivity index (χ2v) is 5.64. The number of nitrogens with zero attached hydrogens (tertiary/aromatic N) is 1. The maximum absolute atomic E-state index is 12.4. The summed E-state index contributed by atoms with van der Waals surface area (Å²) in [6.07, 6.45) is -0.443. The average molecular weight is 364 g/mol. The molecule has 1 rings (SSSR count). The van der Waals surface area contributed by atoms with Gasteiger partial charge >= 0.3 is 11.9 Å². The first kappa shape index (κ1) is 20.9. The van der Waals surface area contributed by atoms with Crippen LogP contribution < -0.4 is 16.8 Å². The van der Waals surface area contributed by atoms with Gasteiger partial charge in [-0.2, -0.15) is 0 Å². The lowest BCUT2D eigenvalue weighted by Gasteiger charge is -2.20. The summed E-state index contributed by atoms with van der Waals surface area (Å²) in [7, 11) is 0. The van der Waals surface area contributed by atoms with E-state index in [0.29, 0.717) is 6.42 Å². The number of rotatable bonds is 10. The van der Waals surface area contributed by atoms with Gasteiger partial charge in [-0.1, -0.05) is 30.3 Å². The Morgan fingerprint density at radius 2 is 1.88 bits per heavy atom. The molecule has 0 aliphatic heterocycles. The van der Waals surface area contributed by atoms with Gasteiger partial charge in [0.05, 0.1) is 0 Å². The molecule has 0 radical (unpaired) electrons. The van der Waals surface area contributed by atoms with Crippen molar-refractivity contribution in [3.63, 3.8) is 0 Å². The van der Waals surface area contributed by atoms with Crippen LogP contribution in [0.2, 0.25) is 0 Å². The summed E-state index contributed by atoms with van der Waals surface area (Å²) in [4.78, 5) is 38.8. The minimum atomic E-state index is -1.18. The van der Waals surface area contributed by atoms with E-state index in [1.807, 2.05) is 6.07 Å². The summed E-state index contributed by atoms with van der Waals surface area (Å²) in [6, 6.07) is 7.76. The Morgan fingerprint density at radius 3 is 2.42 bits per heavy atom. The molecule has 0 aliphatic rings. The predicted molar refractivity (Wildman–Crippen MR) is 95.2 cm³/mol. The lowest BCUT2D eigenvalue weighted by Crippen LogP contribution is -2.47. The minimum absolute atomic E-state index is 0.0766. The molecule has 1 aromatic carbocycles. The van der Waals surface area contributed by atoms with Gasteiger partial charge in [0.15, 0.2) is 12.1 Å². The maximum Gasteiger partial charge on any atom is 0.326 e. The van der Waals surface area contributed by atoms with Crippen LogP contribution >= 0.6 is 0 Å². The van der Waals surface area contributed by atoms with Crippen LogP contribution in [0.5, 0.6) is 0 Å². The predicted octanol–water partition coefficient (Wildman–Crippen LogP) is -0.216. The second-order valence-electron chi connectivity index (χ2n) is 5.64. The standard InChI is InChI=1S/C17H24N4O5/c1-11(22)26-14(8-5-9-20-17(18)19)15(23)21-13(16(24)25)10-12-6-3-2-4-7-12/h2-4,6-7,13-14H,5,8-10H2,1H3,(H,21,23)(H,24,25)(H4,18,19,20)/t13-,14-/m0/s1. The molecule has 0 unspecified atom stereocenters. The summed E-state index contributed by atoms with van der Waals surface area (Å²) >= 11 is 0. The fraction of sp³-hybridized carbons (Fsp3) is 0.412. The van der Waals surface area contributed by atoms with E-state index < -0.39 is 30.0 Å². The number of esters is 1. The summed E-state index contributed by atoms with van der Waals surface area (Å²) < 4.78 is 5.00. The molecule has 0 saturated heterocycles. The molecule has 9 heteroatoms. The van der Waals surface area contributed by atoms with Crippen molar-refractivity contribution >= 4 is 23.8 Å². The van der Waals surface area contributed by atoms with E-state index in [0.717, 1.165) is 5.56 Å². The normalized spacial score (nSPS) is 12.5. The number of hydrogen-bond donors (Lipinski definition) is 4. The van der Waals surface area contributed by atoms with Gasteiger partial charge in [0.2, 0.25) is 0 Å². The van der Waals surface area contributed by atoms with Gasteiger partial charge < -0.3 is 26.6 Å². The molecule has 0 fully saturated rings. The first-order valence-electron chi connectivity index (χ1n) is 8.09. The van der Waals surface area contributed by atoms with Crippen LogP contribution in [0.25, 0.3) is 0 Å². The molecule has 0 heterocycles. The molecule has 0 spiro atoms. The number of carbonyl (C=O) groups is 3. The Morgan fingerprint density at radius 1 is 1.23 bits per heavy atom. The van der Waals surface area contributed by atoms with E-state index in [-0.39, 0.29) is 25.3 Å². The molecule has 6 N–H and O–H groups in total. The average Bonchev–Trinajstić information content (AvgIpc) is 2.57. The quantitative estimate of drug-likeness (QED) is 0.193. The third-order valence-electron chi connectivity index (χ3n) is 3.42. The molecule has 142 valence electrons. The number of nitrogens with two attached hydrogens (primary N) is 2. The minimum Gasteiger partial charge on any atom is -0.480 e. The number of carboxylic acid groups (broad SMARTS) is 1. The van der Waals surface area contributed by atoms with E-state index in [4.69, 9.17) is 16.2 Å². The number of carboxylic acids is 1. The fourth-order valence-corrected chi connectivity index (χ4v) is 2.24. The van der Waals surface area contributed by atoms with E-state index in [9.17, 15) is 19.5 Å². The van der Waals surface area contributed by atoms with Crippen LogP contribution in [0.4, 0.5) is 0 Å². The van der Waals surface area contributed by atoms with Crippen LogP contribution in [-0.4, -0.2) is 47.6 Å². The number of guanidine groups is 1. The van der Waals surface area contributed by atoms with Gasteiger partial charge in [-0.05, 0) is 18.4 Å². The summed E-state index contributed by atoms with van der Waals surface area (Å²) in [6.45, 7) is 1.44. The van der Waals surface area contributed by atoms with Crippen LogP contribution in [0, 0.1) is 0 Å². The van der Waals surface area contributed by atoms with Crippen molar-refractivity contribution in [1.82, 2.24) is 5.32 Å². The summed E-state index contributed by atoms with van der Waals surface area (Å²) in [5.41, 5.74) is 11.2. The van der Waals surface area contributed by atoms with Crippen molar-refractivity contribution in [1.29, 1.82) is 0 Å². The molecule has 1 amide bonds. The molecule has 0 bridgehead atoms. The van der Waals surface area contributed by atoms with Crippen LogP contribution in [-0.2, 0) is 25.5 Å². The molecule has 0 aromatic heterocycles. The monoisotopic (exact) mass is 364 g/mol. The van der Waals surface area contributed by atoms with Gasteiger partial charge in [-0.3, -0.25) is 14.6 Å². The van der Waals surface area contributed by atoms with Gasteiger partial charge in [0.1, 0.15) is 6.04 Å². The number of benzene rings is 1. The van der Waals surface area contributed by atoms with Crippen LogP contribution in [0.3, 0.4) is 0 Å². The van der Waals surface area contributed by atoms with Crippen molar-refractivity contribution in [3.8, 4) is 0 Å².